The number of nitrogens with one attached hydrogen (secondary N) is 1. The number of fused-ring (bicyclic) bond motifs is 1. The predicted molar refractivity (Wildman–Crippen MR) is 113 cm³/mol. The number of rotatable bonds is 7. The summed E-state index contributed by atoms with van der Waals surface area (Å²) in [6.45, 7) is -0.553. The molecular formula is C20H20N4O6S. The lowest BCUT2D eigenvalue weighted by Gasteiger charge is -2.11. The zero-order valence-electron chi connectivity index (χ0n) is 16.6. The summed E-state index contributed by atoms with van der Waals surface area (Å²) in [5.74, 6) is -0.864. The number of nitrogens with zero attached hydrogens (tertiary/aromatic N) is 2. The molecule has 0 radical (unpaired) electrons. The van der Waals surface area contributed by atoms with Gasteiger partial charge in [0, 0.05) is 19.2 Å². The maximum Gasteiger partial charge on any atom is 0.306 e. The van der Waals surface area contributed by atoms with Crippen molar-refractivity contribution in [3.8, 4) is 0 Å². The van der Waals surface area contributed by atoms with E-state index in [9.17, 15) is 22.8 Å². The maximum atomic E-state index is 12.1. The van der Waals surface area contributed by atoms with Crippen molar-refractivity contribution in [2.24, 2.45) is 12.2 Å². The van der Waals surface area contributed by atoms with Gasteiger partial charge in [0.1, 0.15) is 5.82 Å². The van der Waals surface area contributed by atoms with E-state index in [1.165, 1.54) is 24.3 Å². The number of primary sulfonamides is 1. The van der Waals surface area contributed by atoms with Crippen molar-refractivity contribution in [2.75, 3.05) is 11.9 Å². The lowest BCUT2D eigenvalue weighted by molar-refractivity contribution is -0.147. The minimum Gasteiger partial charge on any atom is -0.456 e. The molecular weight excluding hydrogens is 424 g/mol. The fourth-order valence-electron chi connectivity index (χ4n) is 2.94. The molecule has 0 fully saturated rings. The minimum absolute atomic E-state index is 0.0766. The van der Waals surface area contributed by atoms with Gasteiger partial charge in [0.05, 0.1) is 22.2 Å². The molecule has 162 valence electrons. The van der Waals surface area contributed by atoms with Crippen LogP contribution in [0.2, 0.25) is 0 Å². The van der Waals surface area contributed by atoms with Crippen LogP contribution in [0, 0.1) is 0 Å². The van der Waals surface area contributed by atoms with Crippen molar-refractivity contribution in [1.29, 1.82) is 0 Å². The lowest BCUT2D eigenvalue weighted by Crippen LogP contribution is -2.22. The van der Waals surface area contributed by atoms with Crippen LogP contribution in [-0.4, -0.2) is 36.5 Å². The van der Waals surface area contributed by atoms with Gasteiger partial charge in [-0.3, -0.25) is 14.4 Å². The van der Waals surface area contributed by atoms with Crippen molar-refractivity contribution >= 4 is 38.5 Å². The van der Waals surface area contributed by atoms with Crippen molar-refractivity contribution in [3.63, 3.8) is 0 Å². The van der Waals surface area contributed by atoms with Crippen LogP contribution >= 0.6 is 0 Å². The van der Waals surface area contributed by atoms with Crippen LogP contribution in [0.1, 0.15) is 12.2 Å². The van der Waals surface area contributed by atoms with E-state index in [-0.39, 0.29) is 29.0 Å². The topological polar surface area (TPSA) is 150 Å². The highest BCUT2D eigenvalue weighted by atomic mass is 32.2. The molecule has 3 rings (SSSR count). The first-order valence-electron chi connectivity index (χ1n) is 9.18. The molecule has 0 aliphatic carbocycles. The van der Waals surface area contributed by atoms with E-state index >= 15 is 0 Å². The first-order valence-corrected chi connectivity index (χ1v) is 10.7. The predicted octanol–water partition coefficient (Wildman–Crippen LogP) is 0.695. The van der Waals surface area contributed by atoms with Gasteiger partial charge in [-0.05, 0) is 30.3 Å². The third kappa shape index (κ3) is 5.53. The Labute approximate surface area is 177 Å². The number of carbonyl (C=O) groups is 2. The first kappa shape index (κ1) is 22.1. The zero-order valence-corrected chi connectivity index (χ0v) is 17.4. The van der Waals surface area contributed by atoms with Gasteiger partial charge in [-0.2, -0.15) is 4.98 Å². The van der Waals surface area contributed by atoms with Crippen LogP contribution in [0.4, 0.5) is 5.69 Å². The van der Waals surface area contributed by atoms with Gasteiger partial charge < -0.3 is 14.6 Å². The van der Waals surface area contributed by atoms with E-state index in [1.54, 1.807) is 35.9 Å². The van der Waals surface area contributed by atoms with Crippen LogP contribution in [-0.2, 0) is 37.8 Å². The van der Waals surface area contributed by atoms with E-state index in [1.807, 2.05) is 0 Å². The minimum atomic E-state index is -3.91. The highest BCUT2D eigenvalue weighted by Gasteiger charge is 2.13. The number of hydrogen-bond donors (Lipinski definition) is 2. The van der Waals surface area contributed by atoms with E-state index in [2.05, 4.69) is 10.3 Å². The summed E-state index contributed by atoms with van der Waals surface area (Å²) in [4.78, 5) is 40.0. The fourth-order valence-corrected chi connectivity index (χ4v) is 3.50. The van der Waals surface area contributed by atoms with Crippen LogP contribution in [0.5, 0.6) is 0 Å². The summed E-state index contributed by atoms with van der Waals surface area (Å²) in [6, 6.07) is 12.4. The van der Waals surface area contributed by atoms with Gasteiger partial charge in [0.15, 0.2) is 6.61 Å². The number of hydrogen-bond acceptors (Lipinski definition) is 7. The summed E-state index contributed by atoms with van der Waals surface area (Å²) in [5, 5.41) is 7.96. The summed E-state index contributed by atoms with van der Waals surface area (Å²) >= 11 is 0. The molecule has 1 amide bonds. The zero-order chi connectivity index (χ0) is 22.6. The van der Waals surface area contributed by atoms with E-state index in [0.717, 1.165) is 0 Å². The van der Waals surface area contributed by atoms with Crippen LogP contribution in [0.3, 0.4) is 0 Å². The van der Waals surface area contributed by atoms with Gasteiger partial charge in [-0.15, -0.1) is 0 Å². The average molecular weight is 444 g/mol. The first-order chi connectivity index (χ1) is 14.6. The maximum absolute atomic E-state index is 12.1. The SMILES string of the molecule is Cn1c(CCC(=O)OCC(=O)Nc2cccc(S(N)(=O)=O)c2)nc(=O)c2ccccc21. The van der Waals surface area contributed by atoms with E-state index in [0.29, 0.717) is 16.7 Å². The van der Waals surface area contributed by atoms with Crippen LogP contribution in [0.25, 0.3) is 10.9 Å². The second kappa shape index (κ2) is 9.06. The molecule has 0 unspecified atom stereocenters. The standard InChI is InChI=1S/C20H20N4O6S/c1-24-16-8-3-2-7-15(16)20(27)23-17(24)9-10-19(26)30-12-18(25)22-13-5-4-6-14(11-13)31(21,28)29/h2-8,11H,9-10,12H2,1H3,(H,22,25)(H2,21,28,29). The number of amides is 1. The molecule has 2 aromatic carbocycles. The van der Waals surface area contributed by atoms with Gasteiger partial charge in [-0.1, -0.05) is 18.2 Å². The normalized spacial score (nSPS) is 11.3. The monoisotopic (exact) mass is 444 g/mol. The molecule has 0 saturated heterocycles. The molecule has 11 heteroatoms. The second-order valence-electron chi connectivity index (χ2n) is 6.69. The second-order valence-corrected chi connectivity index (χ2v) is 8.25. The number of ether oxygens (including phenoxy) is 1. The molecule has 31 heavy (non-hydrogen) atoms. The largest absolute Gasteiger partial charge is 0.456 e. The molecule has 0 spiro atoms. The number of nitrogens with two attached hydrogens (primary N) is 1. The number of sulfonamides is 1. The summed E-state index contributed by atoms with van der Waals surface area (Å²) in [6.07, 6.45) is 0.0836. The fraction of sp³-hybridized carbons (Fsp3) is 0.200. The van der Waals surface area contributed by atoms with Crippen molar-refractivity contribution in [2.45, 2.75) is 17.7 Å². The van der Waals surface area contributed by atoms with E-state index < -0.39 is 28.5 Å². The Balaban J connectivity index is 1.55. The van der Waals surface area contributed by atoms with Crippen molar-refractivity contribution in [3.05, 3.63) is 64.7 Å². The number of carbonyl (C=O) groups excluding carboxylic acids is 2. The highest BCUT2D eigenvalue weighted by Crippen LogP contribution is 2.14. The molecule has 0 atom stereocenters. The number of aromatic nitrogens is 2. The summed E-state index contributed by atoms with van der Waals surface area (Å²) < 4.78 is 29.4. The third-order valence-corrected chi connectivity index (χ3v) is 5.39. The Morgan fingerprint density at radius 3 is 2.65 bits per heavy atom. The Morgan fingerprint density at radius 1 is 1.16 bits per heavy atom. The molecule has 0 saturated carbocycles. The smallest absolute Gasteiger partial charge is 0.306 e. The molecule has 10 nitrogen and oxygen atoms in total. The third-order valence-electron chi connectivity index (χ3n) is 4.48. The number of anilines is 1. The van der Waals surface area contributed by atoms with Crippen molar-refractivity contribution in [1.82, 2.24) is 9.55 Å². The Hall–Kier alpha value is -3.57. The van der Waals surface area contributed by atoms with Gasteiger partial charge in [0.2, 0.25) is 10.0 Å². The molecule has 0 aliphatic heterocycles. The summed E-state index contributed by atoms with van der Waals surface area (Å²) in [5.41, 5.74) is 0.521. The lowest BCUT2D eigenvalue weighted by atomic mass is 10.2. The quantitative estimate of drug-likeness (QED) is 0.509. The molecule has 1 heterocycles. The Bertz CT molecular complexity index is 1320. The molecule has 0 bridgehead atoms. The van der Waals surface area contributed by atoms with Crippen LogP contribution < -0.4 is 16.0 Å². The van der Waals surface area contributed by atoms with Crippen molar-refractivity contribution < 1.29 is 22.7 Å². The number of esters is 1. The number of para-hydroxylation sites is 1. The van der Waals surface area contributed by atoms with Crippen LogP contribution in [0.15, 0.2) is 58.2 Å². The molecule has 1 aromatic heterocycles. The number of aryl methyl sites for hydroxylation is 2. The molecule has 3 aromatic rings. The van der Waals surface area contributed by atoms with E-state index in [4.69, 9.17) is 9.88 Å². The average Bonchev–Trinajstić information content (AvgIpc) is 2.73. The Morgan fingerprint density at radius 2 is 1.90 bits per heavy atom. The highest BCUT2D eigenvalue weighted by molar-refractivity contribution is 7.89. The van der Waals surface area contributed by atoms with Gasteiger partial charge in [0.25, 0.3) is 11.5 Å². The Kier molecular flexibility index (Phi) is 6.47. The number of benzene rings is 2. The van der Waals surface area contributed by atoms with Gasteiger partial charge >= 0.3 is 5.97 Å². The van der Waals surface area contributed by atoms with Gasteiger partial charge in [-0.25, -0.2) is 13.6 Å². The molecule has 0 aliphatic rings. The molecule has 3 N–H and O–H groups in total. The summed E-state index contributed by atoms with van der Waals surface area (Å²) in [7, 11) is -2.16.